The van der Waals surface area contributed by atoms with Crippen LogP contribution in [0.2, 0.25) is 0 Å². The van der Waals surface area contributed by atoms with Gasteiger partial charge in [0.05, 0.1) is 11.7 Å². The largest absolute Gasteiger partial charge is 0.292 e. The molecule has 2 nitrogen and oxygen atoms in total. The molecule has 0 aliphatic carbocycles. The van der Waals surface area contributed by atoms with Crippen LogP contribution in [0.5, 0.6) is 0 Å². The summed E-state index contributed by atoms with van der Waals surface area (Å²) in [6.07, 6.45) is 4.43. The zero-order valence-corrected chi connectivity index (χ0v) is 10.9. The Kier molecular flexibility index (Phi) is 3.42. The maximum Gasteiger partial charge on any atom is 0.0576 e. The van der Waals surface area contributed by atoms with Gasteiger partial charge in [-0.25, -0.2) is 0 Å². The molecule has 1 atom stereocenters. The molecule has 1 aliphatic heterocycles. The smallest absolute Gasteiger partial charge is 0.0576 e. The van der Waals surface area contributed by atoms with E-state index in [0.717, 1.165) is 4.47 Å². The van der Waals surface area contributed by atoms with Crippen LogP contribution in [0.15, 0.2) is 22.8 Å². The summed E-state index contributed by atoms with van der Waals surface area (Å²) in [5.41, 5.74) is 1.21. The highest BCUT2D eigenvalue weighted by atomic mass is 79.9. The third kappa shape index (κ3) is 2.40. The van der Waals surface area contributed by atoms with Crippen LogP contribution in [0.1, 0.15) is 38.4 Å². The fourth-order valence-corrected chi connectivity index (χ4v) is 2.54. The molecule has 1 aliphatic rings. The first kappa shape index (κ1) is 11.1. The molecule has 0 aromatic carbocycles. The van der Waals surface area contributed by atoms with E-state index in [-0.39, 0.29) is 0 Å². The molecule has 15 heavy (non-hydrogen) atoms. The van der Waals surface area contributed by atoms with E-state index >= 15 is 0 Å². The minimum Gasteiger partial charge on any atom is -0.292 e. The molecule has 0 amide bonds. The van der Waals surface area contributed by atoms with Crippen molar-refractivity contribution in [2.24, 2.45) is 0 Å². The molecule has 0 spiro atoms. The summed E-state index contributed by atoms with van der Waals surface area (Å²) in [4.78, 5) is 7.04. The van der Waals surface area contributed by atoms with E-state index in [1.807, 2.05) is 6.20 Å². The van der Waals surface area contributed by atoms with Crippen molar-refractivity contribution in [3.63, 3.8) is 0 Å². The summed E-state index contributed by atoms with van der Waals surface area (Å²) in [6.45, 7) is 5.73. The summed E-state index contributed by atoms with van der Waals surface area (Å²) in [5.74, 6) is 0. The molecule has 1 aromatic heterocycles. The van der Waals surface area contributed by atoms with E-state index in [0.29, 0.717) is 12.1 Å². The van der Waals surface area contributed by atoms with Gasteiger partial charge in [-0.2, -0.15) is 0 Å². The fourth-order valence-electron chi connectivity index (χ4n) is 2.31. The average Bonchev–Trinajstić information content (AvgIpc) is 2.67. The number of likely N-dealkylation sites (tertiary alicyclic amines) is 1. The van der Waals surface area contributed by atoms with Crippen LogP contribution in [-0.2, 0) is 0 Å². The Morgan fingerprint density at radius 3 is 2.87 bits per heavy atom. The maximum atomic E-state index is 4.50. The van der Waals surface area contributed by atoms with Crippen molar-refractivity contribution < 1.29 is 0 Å². The number of aromatic nitrogens is 1. The number of nitrogens with zero attached hydrogens (tertiary/aromatic N) is 2. The molecule has 3 heteroatoms. The topological polar surface area (TPSA) is 16.1 Å². The van der Waals surface area contributed by atoms with Crippen molar-refractivity contribution >= 4 is 15.9 Å². The predicted molar refractivity (Wildman–Crippen MR) is 65.8 cm³/mol. The lowest BCUT2D eigenvalue weighted by atomic mass is 10.1. The van der Waals surface area contributed by atoms with Crippen LogP contribution in [0.25, 0.3) is 0 Å². The number of rotatable bonds is 2. The highest BCUT2D eigenvalue weighted by Crippen LogP contribution is 2.32. The van der Waals surface area contributed by atoms with Crippen molar-refractivity contribution in [1.82, 2.24) is 9.88 Å². The van der Waals surface area contributed by atoms with Crippen molar-refractivity contribution in [3.8, 4) is 0 Å². The third-order valence-corrected chi connectivity index (χ3v) is 3.52. The van der Waals surface area contributed by atoms with E-state index in [2.05, 4.69) is 51.8 Å². The maximum absolute atomic E-state index is 4.50. The van der Waals surface area contributed by atoms with Gasteiger partial charge in [-0.1, -0.05) is 0 Å². The van der Waals surface area contributed by atoms with Gasteiger partial charge in [0.1, 0.15) is 0 Å². The molecular weight excluding hydrogens is 252 g/mol. The number of hydrogen-bond donors (Lipinski definition) is 0. The van der Waals surface area contributed by atoms with Crippen LogP contribution in [0.4, 0.5) is 0 Å². The molecule has 1 fully saturated rings. The summed E-state index contributed by atoms with van der Waals surface area (Å²) in [6, 6.07) is 5.36. The van der Waals surface area contributed by atoms with Gasteiger partial charge in [-0.3, -0.25) is 9.88 Å². The Labute approximate surface area is 99.8 Å². The first-order valence-corrected chi connectivity index (χ1v) is 6.35. The second kappa shape index (κ2) is 4.62. The second-order valence-corrected chi connectivity index (χ2v) is 5.31. The molecule has 0 N–H and O–H groups in total. The van der Waals surface area contributed by atoms with Gasteiger partial charge in [-0.05, 0) is 61.3 Å². The SMILES string of the molecule is CC(C)N1CCC[C@@H]1c1ccc(Br)cn1. The van der Waals surface area contributed by atoms with Gasteiger partial charge >= 0.3 is 0 Å². The lowest BCUT2D eigenvalue weighted by molar-refractivity contribution is 0.202. The standard InChI is InChI=1S/C12H17BrN2/c1-9(2)15-7-3-4-12(15)11-6-5-10(13)8-14-11/h5-6,8-9,12H,3-4,7H2,1-2H3/t12-/m1/s1. The summed E-state index contributed by atoms with van der Waals surface area (Å²) >= 11 is 3.42. The Balaban J connectivity index is 2.19. The monoisotopic (exact) mass is 268 g/mol. The van der Waals surface area contributed by atoms with E-state index in [1.165, 1.54) is 25.1 Å². The molecule has 0 radical (unpaired) electrons. The number of hydrogen-bond acceptors (Lipinski definition) is 2. The van der Waals surface area contributed by atoms with Gasteiger partial charge in [-0.15, -0.1) is 0 Å². The predicted octanol–water partition coefficient (Wildman–Crippen LogP) is 3.39. The third-order valence-electron chi connectivity index (χ3n) is 3.05. The molecule has 0 unspecified atom stereocenters. The van der Waals surface area contributed by atoms with Crippen LogP contribution in [0.3, 0.4) is 0 Å². The molecule has 2 rings (SSSR count). The van der Waals surface area contributed by atoms with Crippen LogP contribution in [0, 0.1) is 0 Å². The number of halogens is 1. The highest BCUT2D eigenvalue weighted by Gasteiger charge is 2.28. The van der Waals surface area contributed by atoms with Crippen molar-refractivity contribution in [2.45, 2.75) is 38.8 Å². The number of pyridine rings is 1. The minimum absolute atomic E-state index is 0.526. The van der Waals surface area contributed by atoms with Gasteiger partial charge < -0.3 is 0 Å². The molecular formula is C12H17BrN2. The first-order chi connectivity index (χ1) is 7.18. The van der Waals surface area contributed by atoms with Gasteiger partial charge in [0.2, 0.25) is 0 Å². The summed E-state index contributed by atoms with van der Waals surface area (Å²) in [7, 11) is 0. The summed E-state index contributed by atoms with van der Waals surface area (Å²) in [5, 5.41) is 0. The lowest BCUT2D eigenvalue weighted by Crippen LogP contribution is -2.30. The fraction of sp³-hybridized carbons (Fsp3) is 0.583. The van der Waals surface area contributed by atoms with Gasteiger partial charge in [0.15, 0.2) is 0 Å². The highest BCUT2D eigenvalue weighted by molar-refractivity contribution is 9.10. The average molecular weight is 269 g/mol. The minimum atomic E-state index is 0.526. The first-order valence-electron chi connectivity index (χ1n) is 5.55. The van der Waals surface area contributed by atoms with Crippen LogP contribution >= 0.6 is 15.9 Å². The Hall–Kier alpha value is -0.410. The Morgan fingerprint density at radius 2 is 2.27 bits per heavy atom. The molecule has 82 valence electrons. The van der Waals surface area contributed by atoms with E-state index in [4.69, 9.17) is 0 Å². The van der Waals surface area contributed by atoms with Gasteiger partial charge in [0.25, 0.3) is 0 Å². The Bertz CT molecular complexity index is 321. The summed E-state index contributed by atoms with van der Waals surface area (Å²) < 4.78 is 1.06. The van der Waals surface area contributed by atoms with Crippen molar-refractivity contribution in [2.75, 3.05) is 6.54 Å². The molecule has 2 heterocycles. The molecule has 0 bridgehead atoms. The second-order valence-electron chi connectivity index (χ2n) is 4.39. The van der Waals surface area contributed by atoms with Gasteiger partial charge in [0, 0.05) is 16.7 Å². The van der Waals surface area contributed by atoms with Crippen LogP contribution < -0.4 is 0 Å². The van der Waals surface area contributed by atoms with Crippen molar-refractivity contribution in [1.29, 1.82) is 0 Å². The van der Waals surface area contributed by atoms with E-state index in [9.17, 15) is 0 Å². The quantitative estimate of drug-likeness (QED) is 0.818. The Morgan fingerprint density at radius 1 is 1.47 bits per heavy atom. The molecule has 0 saturated carbocycles. The van der Waals surface area contributed by atoms with Crippen LogP contribution in [-0.4, -0.2) is 22.5 Å². The lowest BCUT2D eigenvalue weighted by Gasteiger charge is -2.27. The normalized spacial score (nSPS) is 22.5. The van der Waals surface area contributed by atoms with E-state index < -0.39 is 0 Å². The molecule has 1 aromatic rings. The zero-order valence-electron chi connectivity index (χ0n) is 9.28. The van der Waals surface area contributed by atoms with Crippen molar-refractivity contribution in [3.05, 3.63) is 28.5 Å². The molecule has 1 saturated heterocycles. The zero-order chi connectivity index (χ0) is 10.8. The van der Waals surface area contributed by atoms with E-state index in [1.54, 1.807) is 0 Å².